The summed E-state index contributed by atoms with van der Waals surface area (Å²) in [6.45, 7) is 0. The molecule has 0 N–H and O–H groups in total. The fourth-order valence-corrected chi connectivity index (χ4v) is 3.05. The van der Waals surface area contributed by atoms with Crippen LogP contribution in [0.15, 0.2) is 18.2 Å². The lowest BCUT2D eigenvalue weighted by molar-refractivity contribution is 0.293. The van der Waals surface area contributed by atoms with E-state index in [9.17, 15) is 0 Å². The summed E-state index contributed by atoms with van der Waals surface area (Å²) in [6, 6.07) is 7.61. The van der Waals surface area contributed by atoms with Gasteiger partial charge >= 0.3 is 0 Å². The van der Waals surface area contributed by atoms with Gasteiger partial charge in [0.25, 0.3) is 0 Å². The van der Waals surface area contributed by atoms with E-state index in [1.807, 2.05) is 0 Å². The summed E-state index contributed by atoms with van der Waals surface area (Å²) >= 11 is 4.38. The Morgan fingerprint density at radius 3 is 2.53 bits per heavy atom. The molecule has 1 unspecified atom stereocenters. The van der Waals surface area contributed by atoms with Crippen molar-refractivity contribution in [2.75, 3.05) is 19.8 Å². The molecule has 0 radical (unpaired) electrons. The normalized spacial score (nSPS) is 16.9. The van der Waals surface area contributed by atoms with Crippen molar-refractivity contribution in [1.82, 2.24) is 4.90 Å². The van der Waals surface area contributed by atoms with E-state index >= 15 is 0 Å². The summed E-state index contributed by atoms with van der Waals surface area (Å²) in [5.74, 6) is 0.944. The zero-order valence-electron chi connectivity index (χ0n) is 10.9. The van der Waals surface area contributed by atoms with Crippen molar-refractivity contribution in [3.63, 3.8) is 0 Å². The smallest absolute Gasteiger partial charge is 0.0349 e. The molecule has 0 amide bonds. The molecule has 1 nitrogen and oxygen atoms in total. The molecule has 0 saturated heterocycles. The summed E-state index contributed by atoms with van der Waals surface area (Å²) in [6.07, 6.45) is 6.38. The lowest BCUT2D eigenvalue weighted by Crippen LogP contribution is -2.21. The Labute approximate surface area is 111 Å². The molecule has 2 heteroatoms. The lowest BCUT2D eigenvalue weighted by Gasteiger charge is -2.26. The second-order valence-electron chi connectivity index (χ2n) is 5.23. The van der Waals surface area contributed by atoms with Gasteiger partial charge in [-0.25, -0.2) is 0 Å². The van der Waals surface area contributed by atoms with Crippen molar-refractivity contribution < 1.29 is 0 Å². The third kappa shape index (κ3) is 3.05. The van der Waals surface area contributed by atoms with Gasteiger partial charge in [-0.3, -0.25) is 0 Å². The maximum absolute atomic E-state index is 4.38. The largest absolute Gasteiger partial charge is 0.302 e. The molecule has 0 saturated carbocycles. The number of aryl methyl sites for hydroxylation is 2. The first-order valence-electron chi connectivity index (χ1n) is 6.61. The molecule has 1 aliphatic carbocycles. The molecular weight excluding hydrogens is 226 g/mol. The highest BCUT2D eigenvalue weighted by Gasteiger charge is 2.16. The highest BCUT2D eigenvalue weighted by atomic mass is 32.1. The molecular formula is C15H23NS. The monoisotopic (exact) mass is 249 g/mol. The van der Waals surface area contributed by atoms with Crippen LogP contribution in [-0.2, 0) is 12.8 Å². The molecule has 0 aliphatic heterocycles. The Hall–Kier alpha value is -0.470. The Balaban J connectivity index is 2.25. The number of hydrogen-bond acceptors (Lipinski definition) is 2. The number of hydrogen-bond donors (Lipinski definition) is 1. The predicted molar refractivity (Wildman–Crippen MR) is 78.0 cm³/mol. The topological polar surface area (TPSA) is 3.24 Å². The van der Waals surface area contributed by atoms with Crippen LogP contribution in [0.2, 0.25) is 0 Å². The van der Waals surface area contributed by atoms with Crippen LogP contribution in [0.4, 0.5) is 0 Å². The molecule has 94 valence electrons. The van der Waals surface area contributed by atoms with Crippen molar-refractivity contribution in [2.24, 2.45) is 0 Å². The summed E-state index contributed by atoms with van der Waals surface area (Å²) in [5, 5.41) is 0. The van der Waals surface area contributed by atoms with E-state index in [1.54, 1.807) is 11.1 Å². The Morgan fingerprint density at radius 2 is 1.88 bits per heavy atom. The van der Waals surface area contributed by atoms with Gasteiger partial charge in [0.1, 0.15) is 0 Å². The lowest BCUT2D eigenvalue weighted by atomic mass is 9.88. The van der Waals surface area contributed by atoms with Gasteiger partial charge in [-0.05, 0) is 68.6 Å². The minimum absolute atomic E-state index is 0.514. The minimum Gasteiger partial charge on any atom is -0.302 e. The summed E-state index contributed by atoms with van der Waals surface area (Å²) in [5.41, 5.74) is 4.62. The van der Waals surface area contributed by atoms with Gasteiger partial charge in [0.15, 0.2) is 0 Å². The Bertz CT molecular complexity index is 373. The number of benzene rings is 1. The molecule has 1 aromatic carbocycles. The fraction of sp³-hybridized carbons (Fsp3) is 0.600. The molecule has 0 fully saturated rings. The first kappa shape index (κ1) is 13.0. The van der Waals surface area contributed by atoms with Crippen molar-refractivity contribution in [3.8, 4) is 0 Å². The molecule has 0 spiro atoms. The minimum atomic E-state index is 0.514. The molecule has 1 aliphatic rings. The maximum atomic E-state index is 4.38. The Kier molecular flexibility index (Phi) is 4.52. The number of nitrogens with zero attached hydrogens (tertiary/aromatic N) is 1. The molecule has 0 heterocycles. The highest BCUT2D eigenvalue weighted by molar-refractivity contribution is 7.80. The van der Waals surface area contributed by atoms with Crippen LogP contribution in [0.3, 0.4) is 0 Å². The zero-order chi connectivity index (χ0) is 12.3. The molecule has 0 aromatic heterocycles. The van der Waals surface area contributed by atoms with E-state index in [1.165, 1.54) is 31.2 Å². The van der Waals surface area contributed by atoms with Crippen molar-refractivity contribution in [3.05, 3.63) is 34.9 Å². The highest BCUT2D eigenvalue weighted by Crippen LogP contribution is 2.28. The van der Waals surface area contributed by atoms with Crippen LogP contribution in [0.25, 0.3) is 0 Å². The van der Waals surface area contributed by atoms with Crippen LogP contribution in [0.1, 0.15) is 42.0 Å². The first-order chi connectivity index (χ1) is 8.22. The van der Waals surface area contributed by atoms with E-state index in [2.05, 4.69) is 49.8 Å². The maximum Gasteiger partial charge on any atom is 0.0349 e. The van der Waals surface area contributed by atoms with Gasteiger partial charge in [-0.1, -0.05) is 18.2 Å². The number of rotatable bonds is 4. The summed E-state index contributed by atoms with van der Waals surface area (Å²) in [4.78, 5) is 2.31. The molecule has 1 atom stereocenters. The standard InChI is InChI=1S/C15H23NS/c1-16(2)15(9-10-17)14-8-7-12-5-3-4-6-13(12)11-14/h7-8,11,15,17H,3-6,9-10H2,1-2H3. The number of thiol groups is 1. The molecule has 17 heavy (non-hydrogen) atoms. The fourth-order valence-electron chi connectivity index (χ4n) is 2.81. The Morgan fingerprint density at radius 1 is 1.18 bits per heavy atom. The zero-order valence-corrected chi connectivity index (χ0v) is 11.8. The third-order valence-electron chi connectivity index (χ3n) is 3.78. The van der Waals surface area contributed by atoms with Crippen molar-refractivity contribution in [1.29, 1.82) is 0 Å². The summed E-state index contributed by atoms with van der Waals surface area (Å²) in [7, 11) is 4.32. The van der Waals surface area contributed by atoms with E-state index < -0.39 is 0 Å². The first-order valence-corrected chi connectivity index (χ1v) is 7.24. The number of fused-ring (bicyclic) bond motifs is 1. The van der Waals surface area contributed by atoms with Crippen LogP contribution in [-0.4, -0.2) is 24.7 Å². The van der Waals surface area contributed by atoms with Gasteiger partial charge in [-0.2, -0.15) is 12.6 Å². The SMILES string of the molecule is CN(C)C(CCS)c1ccc2c(c1)CCCC2. The molecule has 1 aromatic rings. The van der Waals surface area contributed by atoms with Crippen molar-refractivity contribution in [2.45, 2.75) is 38.1 Å². The van der Waals surface area contributed by atoms with Crippen LogP contribution in [0, 0.1) is 0 Å². The molecule has 2 rings (SSSR count). The van der Waals surface area contributed by atoms with Gasteiger partial charge in [-0.15, -0.1) is 0 Å². The summed E-state index contributed by atoms with van der Waals surface area (Å²) < 4.78 is 0. The van der Waals surface area contributed by atoms with Crippen LogP contribution < -0.4 is 0 Å². The van der Waals surface area contributed by atoms with Gasteiger partial charge in [0, 0.05) is 6.04 Å². The third-order valence-corrected chi connectivity index (χ3v) is 4.04. The van der Waals surface area contributed by atoms with Gasteiger partial charge in [0.2, 0.25) is 0 Å². The predicted octanol–water partition coefficient (Wildman–Crippen LogP) is 3.49. The quantitative estimate of drug-likeness (QED) is 0.800. The average molecular weight is 249 g/mol. The van der Waals surface area contributed by atoms with E-state index in [0.29, 0.717) is 6.04 Å². The van der Waals surface area contributed by atoms with Gasteiger partial charge < -0.3 is 4.90 Å². The average Bonchev–Trinajstić information content (AvgIpc) is 2.35. The van der Waals surface area contributed by atoms with Gasteiger partial charge in [0.05, 0.1) is 0 Å². The van der Waals surface area contributed by atoms with Crippen LogP contribution >= 0.6 is 12.6 Å². The van der Waals surface area contributed by atoms with E-state index in [0.717, 1.165) is 12.2 Å². The van der Waals surface area contributed by atoms with Crippen molar-refractivity contribution >= 4 is 12.6 Å². The van der Waals surface area contributed by atoms with E-state index in [-0.39, 0.29) is 0 Å². The second-order valence-corrected chi connectivity index (χ2v) is 5.67. The van der Waals surface area contributed by atoms with Crippen LogP contribution in [0.5, 0.6) is 0 Å². The van der Waals surface area contributed by atoms with E-state index in [4.69, 9.17) is 0 Å². The molecule has 0 bridgehead atoms. The second kappa shape index (κ2) is 5.92.